The molecule has 0 spiro atoms. The maximum atomic E-state index is 12.8. The van der Waals surface area contributed by atoms with E-state index in [0.717, 1.165) is 65.2 Å². The first-order chi connectivity index (χ1) is 16.1. The third-order valence-electron chi connectivity index (χ3n) is 7.66. The van der Waals surface area contributed by atoms with Crippen molar-refractivity contribution in [3.63, 3.8) is 0 Å². The summed E-state index contributed by atoms with van der Waals surface area (Å²) in [6.45, 7) is 7.04. The fourth-order valence-electron chi connectivity index (χ4n) is 5.64. The molecule has 2 N–H and O–H groups in total. The molecule has 2 saturated heterocycles. The van der Waals surface area contributed by atoms with Crippen LogP contribution in [0.5, 0.6) is 0 Å². The molecule has 0 aromatic carbocycles. The molecule has 33 heavy (non-hydrogen) atoms. The quantitative estimate of drug-likeness (QED) is 0.572. The SMILES string of the molecule is O=C(CN1CCC(C(=O)NCCc2cccs2)CC1)NCC1(N2CCOCC2)CCCCC1. The molecule has 8 heteroatoms. The first kappa shape index (κ1) is 24.6. The van der Waals surface area contributed by atoms with Crippen molar-refractivity contribution in [1.29, 1.82) is 0 Å². The van der Waals surface area contributed by atoms with Crippen molar-refractivity contribution in [2.75, 3.05) is 59.0 Å². The number of likely N-dealkylation sites (tertiary alicyclic amines) is 1. The average Bonchev–Trinajstić information content (AvgIpc) is 3.38. The average molecular weight is 477 g/mol. The number of piperidine rings is 1. The predicted octanol–water partition coefficient (Wildman–Crippen LogP) is 2.27. The molecule has 2 aliphatic heterocycles. The molecular formula is C25H40N4O3S. The van der Waals surface area contributed by atoms with Gasteiger partial charge in [-0.05, 0) is 56.6 Å². The highest BCUT2D eigenvalue weighted by atomic mass is 32.1. The van der Waals surface area contributed by atoms with Gasteiger partial charge in [-0.3, -0.25) is 19.4 Å². The molecule has 0 radical (unpaired) electrons. The highest BCUT2D eigenvalue weighted by Gasteiger charge is 2.39. The van der Waals surface area contributed by atoms with Gasteiger partial charge in [-0.1, -0.05) is 25.3 Å². The molecule has 1 aliphatic carbocycles. The minimum atomic E-state index is 0.0690. The number of hydrogen-bond donors (Lipinski definition) is 2. The molecule has 3 heterocycles. The van der Waals surface area contributed by atoms with Gasteiger partial charge in [-0.2, -0.15) is 0 Å². The van der Waals surface area contributed by atoms with Crippen molar-refractivity contribution in [3.05, 3.63) is 22.4 Å². The Morgan fingerprint density at radius 1 is 1.06 bits per heavy atom. The van der Waals surface area contributed by atoms with Gasteiger partial charge in [0.15, 0.2) is 0 Å². The van der Waals surface area contributed by atoms with Crippen LogP contribution in [0.15, 0.2) is 17.5 Å². The number of rotatable bonds is 9. The van der Waals surface area contributed by atoms with E-state index in [4.69, 9.17) is 4.74 Å². The molecule has 184 valence electrons. The molecule has 3 aliphatic rings. The maximum absolute atomic E-state index is 12.8. The minimum Gasteiger partial charge on any atom is -0.379 e. The summed E-state index contributed by atoms with van der Waals surface area (Å²) in [5, 5.41) is 8.44. The van der Waals surface area contributed by atoms with Crippen molar-refractivity contribution in [2.24, 2.45) is 5.92 Å². The molecule has 4 rings (SSSR count). The van der Waals surface area contributed by atoms with Gasteiger partial charge in [0, 0.05) is 42.5 Å². The summed E-state index contributed by atoms with van der Waals surface area (Å²) in [4.78, 5) is 31.3. The van der Waals surface area contributed by atoms with Crippen LogP contribution in [0.2, 0.25) is 0 Å². The zero-order valence-corrected chi connectivity index (χ0v) is 20.7. The second-order valence-corrected chi connectivity index (χ2v) is 10.9. The lowest BCUT2D eigenvalue weighted by molar-refractivity contribution is -0.127. The molecule has 2 amide bonds. The second kappa shape index (κ2) is 12.3. The van der Waals surface area contributed by atoms with E-state index in [2.05, 4.69) is 31.9 Å². The Morgan fingerprint density at radius 2 is 1.82 bits per heavy atom. The Kier molecular flexibility index (Phi) is 9.18. The van der Waals surface area contributed by atoms with Crippen molar-refractivity contribution < 1.29 is 14.3 Å². The lowest BCUT2D eigenvalue weighted by Gasteiger charge is -2.48. The van der Waals surface area contributed by atoms with Crippen LogP contribution >= 0.6 is 11.3 Å². The smallest absolute Gasteiger partial charge is 0.234 e. The first-order valence-electron chi connectivity index (χ1n) is 12.8. The van der Waals surface area contributed by atoms with E-state index in [1.807, 2.05) is 6.07 Å². The maximum Gasteiger partial charge on any atom is 0.234 e. The summed E-state index contributed by atoms with van der Waals surface area (Å²) < 4.78 is 5.56. The normalized spacial score (nSPS) is 22.7. The fraction of sp³-hybridized carbons (Fsp3) is 0.760. The third kappa shape index (κ3) is 7.01. The van der Waals surface area contributed by atoms with Crippen LogP contribution in [-0.4, -0.2) is 86.2 Å². The number of amides is 2. The summed E-state index contributed by atoms with van der Waals surface area (Å²) in [5.41, 5.74) is 0.103. The lowest BCUT2D eigenvalue weighted by atomic mass is 9.79. The Bertz CT molecular complexity index is 737. The third-order valence-corrected chi connectivity index (χ3v) is 8.59. The number of carbonyl (C=O) groups excluding carboxylic acids is 2. The van der Waals surface area contributed by atoms with Crippen LogP contribution in [0.4, 0.5) is 0 Å². The largest absolute Gasteiger partial charge is 0.379 e. The van der Waals surface area contributed by atoms with Crippen molar-refractivity contribution in [1.82, 2.24) is 20.4 Å². The van der Waals surface area contributed by atoms with Gasteiger partial charge in [-0.25, -0.2) is 0 Å². The highest BCUT2D eigenvalue weighted by Crippen LogP contribution is 2.33. The van der Waals surface area contributed by atoms with Crippen LogP contribution in [-0.2, 0) is 20.7 Å². The topological polar surface area (TPSA) is 73.9 Å². The molecule has 0 bridgehead atoms. The van der Waals surface area contributed by atoms with Gasteiger partial charge in [0.05, 0.1) is 19.8 Å². The monoisotopic (exact) mass is 476 g/mol. The van der Waals surface area contributed by atoms with Gasteiger partial charge in [-0.15, -0.1) is 11.3 Å². The van der Waals surface area contributed by atoms with Gasteiger partial charge in [0.25, 0.3) is 0 Å². The van der Waals surface area contributed by atoms with Gasteiger partial charge in [0.1, 0.15) is 0 Å². The van der Waals surface area contributed by atoms with Gasteiger partial charge in [0.2, 0.25) is 11.8 Å². The molecule has 7 nitrogen and oxygen atoms in total. The Hall–Kier alpha value is -1.48. The van der Waals surface area contributed by atoms with Gasteiger partial charge >= 0.3 is 0 Å². The number of hydrogen-bond acceptors (Lipinski definition) is 6. The Morgan fingerprint density at radius 3 is 2.52 bits per heavy atom. The summed E-state index contributed by atoms with van der Waals surface area (Å²) in [5.74, 6) is 0.354. The van der Waals surface area contributed by atoms with Crippen LogP contribution in [0.3, 0.4) is 0 Å². The minimum absolute atomic E-state index is 0.0690. The number of morpholine rings is 1. The fourth-order valence-corrected chi connectivity index (χ4v) is 6.34. The number of nitrogens with one attached hydrogen (secondary N) is 2. The van der Waals surface area contributed by atoms with Crippen molar-refractivity contribution in [2.45, 2.75) is 56.9 Å². The number of ether oxygens (including phenoxy) is 1. The summed E-state index contributed by atoms with van der Waals surface area (Å²) in [6, 6.07) is 4.16. The van der Waals surface area contributed by atoms with Crippen LogP contribution < -0.4 is 10.6 Å². The first-order valence-corrected chi connectivity index (χ1v) is 13.6. The van der Waals surface area contributed by atoms with Crippen molar-refractivity contribution >= 4 is 23.2 Å². The molecule has 0 atom stereocenters. The molecular weight excluding hydrogens is 436 g/mol. The van der Waals surface area contributed by atoms with Crippen molar-refractivity contribution in [3.8, 4) is 0 Å². The van der Waals surface area contributed by atoms with E-state index in [9.17, 15) is 9.59 Å². The number of nitrogens with zero attached hydrogens (tertiary/aromatic N) is 2. The lowest BCUT2D eigenvalue weighted by Crippen LogP contribution is -2.60. The van der Waals surface area contributed by atoms with E-state index in [1.54, 1.807) is 11.3 Å². The molecule has 1 aromatic rings. The highest BCUT2D eigenvalue weighted by molar-refractivity contribution is 7.09. The second-order valence-electron chi connectivity index (χ2n) is 9.83. The summed E-state index contributed by atoms with van der Waals surface area (Å²) in [6.07, 6.45) is 8.68. The molecule has 1 saturated carbocycles. The Labute approximate surface area is 202 Å². The Balaban J connectivity index is 1.16. The van der Waals surface area contributed by atoms with E-state index in [-0.39, 0.29) is 23.3 Å². The van der Waals surface area contributed by atoms with Crippen LogP contribution in [0.1, 0.15) is 49.8 Å². The number of carbonyl (C=O) groups is 2. The van der Waals surface area contributed by atoms with E-state index in [1.165, 1.54) is 37.0 Å². The molecule has 3 fully saturated rings. The molecule has 1 aromatic heterocycles. The van der Waals surface area contributed by atoms with Gasteiger partial charge < -0.3 is 15.4 Å². The molecule has 0 unspecified atom stereocenters. The van der Waals surface area contributed by atoms with E-state index >= 15 is 0 Å². The van der Waals surface area contributed by atoms with E-state index < -0.39 is 0 Å². The summed E-state index contributed by atoms with van der Waals surface area (Å²) >= 11 is 1.73. The zero-order chi connectivity index (χ0) is 22.9. The summed E-state index contributed by atoms with van der Waals surface area (Å²) in [7, 11) is 0. The standard InChI is InChI=1S/C25H40N4O3S/c30-23(27-20-25(9-2-1-3-10-25)29-14-16-32-17-15-29)19-28-12-7-21(8-13-28)24(31)26-11-6-22-5-4-18-33-22/h4-5,18,21H,1-3,6-17,19-20H2,(H,26,31)(H,27,30). The van der Waals surface area contributed by atoms with Crippen LogP contribution in [0.25, 0.3) is 0 Å². The predicted molar refractivity (Wildman–Crippen MR) is 131 cm³/mol. The van der Waals surface area contributed by atoms with E-state index in [0.29, 0.717) is 13.1 Å². The zero-order valence-electron chi connectivity index (χ0n) is 19.9. The van der Waals surface area contributed by atoms with Crippen LogP contribution in [0, 0.1) is 5.92 Å². The number of thiophene rings is 1.